The first-order valence-corrected chi connectivity index (χ1v) is 6.19. The van der Waals surface area contributed by atoms with E-state index in [1.807, 2.05) is 31.3 Å². The smallest absolute Gasteiger partial charge is 0.253 e. The average Bonchev–Trinajstić information content (AvgIpc) is 2.81. The molecule has 3 nitrogen and oxygen atoms in total. The number of aromatic nitrogens is 1. The minimum atomic E-state index is 0. The molecule has 0 bridgehead atoms. The molecule has 0 saturated heterocycles. The maximum absolute atomic E-state index is 12.0. The second-order valence-electron chi connectivity index (χ2n) is 4.04. The minimum Gasteiger partial charge on any atom is -0.345 e. The summed E-state index contributed by atoms with van der Waals surface area (Å²) in [6, 6.07) is 5.80. The largest absolute Gasteiger partial charge is 0.345 e. The predicted molar refractivity (Wildman–Crippen MR) is 77.6 cm³/mol. The van der Waals surface area contributed by atoms with Crippen LogP contribution in [0.1, 0.15) is 15.9 Å². The fourth-order valence-corrected chi connectivity index (χ4v) is 2.43. The lowest BCUT2D eigenvalue weighted by Crippen LogP contribution is -2.22. The van der Waals surface area contributed by atoms with Crippen molar-refractivity contribution in [3.05, 3.63) is 41.0 Å². The van der Waals surface area contributed by atoms with Gasteiger partial charge in [-0.1, -0.05) is 12.1 Å². The standard InChI is InChI=1S/C13H14N2OS.ClH/c1-9-10(12-7-14-8-17-12)5-4-6-11(9)13(16)15(2)3;/h4-8H,1-3H3;1H. The van der Waals surface area contributed by atoms with Gasteiger partial charge in [0.1, 0.15) is 0 Å². The molecule has 96 valence electrons. The number of thiazole rings is 1. The van der Waals surface area contributed by atoms with Crippen molar-refractivity contribution in [3.63, 3.8) is 0 Å². The lowest BCUT2D eigenvalue weighted by molar-refractivity contribution is 0.0827. The lowest BCUT2D eigenvalue weighted by Gasteiger charge is -2.14. The summed E-state index contributed by atoms with van der Waals surface area (Å²) in [7, 11) is 3.53. The normalized spacial score (nSPS) is 9.72. The van der Waals surface area contributed by atoms with Gasteiger partial charge in [-0.15, -0.1) is 23.7 Å². The van der Waals surface area contributed by atoms with Crippen LogP contribution in [0.5, 0.6) is 0 Å². The molecular formula is C13H15ClN2OS. The topological polar surface area (TPSA) is 33.2 Å². The zero-order valence-electron chi connectivity index (χ0n) is 10.5. The third kappa shape index (κ3) is 2.71. The zero-order chi connectivity index (χ0) is 12.4. The molecule has 0 saturated carbocycles. The first kappa shape index (κ1) is 14.7. The molecule has 0 N–H and O–H groups in total. The first-order valence-electron chi connectivity index (χ1n) is 5.31. The average molecular weight is 283 g/mol. The summed E-state index contributed by atoms with van der Waals surface area (Å²) in [6.45, 7) is 1.98. The van der Waals surface area contributed by atoms with E-state index in [4.69, 9.17) is 0 Å². The SMILES string of the molecule is Cc1c(C(=O)N(C)C)cccc1-c1cncs1.Cl. The number of carbonyl (C=O) groups excluding carboxylic acids is 1. The summed E-state index contributed by atoms with van der Waals surface area (Å²) in [4.78, 5) is 18.8. The Kier molecular flexibility index (Phi) is 4.87. The fourth-order valence-electron chi connectivity index (χ4n) is 1.72. The van der Waals surface area contributed by atoms with Gasteiger partial charge < -0.3 is 4.90 Å². The van der Waals surface area contributed by atoms with Crippen molar-refractivity contribution in [1.29, 1.82) is 0 Å². The Hall–Kier alpha value is -1.39. The van der Waals surface area contributed by atoms with Crippen molar-refractivity contribution in [3.8, 4) is 10.4 Å². The van der Waals surface area contributed by atoms with E-state index in [1.54, 1.807) is 35.8 Å². The van der Waals surface area contributed by atoms with Gasteiger partial charge in [-0.05, 0) is 24.1 Å². The number of nitrogens with zero attached hydrogens (tertiary/aromatic N) is 2. The summed E-state index contributed by atoms with van der Waals surface area (Å²) >= 11 is 1.58. The molecule has 2 rings (SSSR count). The van der Waals surface area contributed by atoms with Gasteiger partial charge in [0.15, 0.2) is 0 Å². The molecule has 2 aromatic rings. The van der Waals surface area contributed by atoms with Crippen LogP contribution in [0.2, 0.25) is 0 Å². The summed E-state index contributed by atoms with van der Waals surface area (Å²) < 4.78 is 0. The Balaban J connectivity index is 0.00000162. The van der Waals surface area contributed by atoms with E-state index in [2.05, 4.69) is 4.98 Å². The number of benzene rings is 1. The van der Waals surface area contributed by atoms with Crippen LogP contribution in [0.15, 0.2) is 29.9 Å². The third-order valence-electron chi connectivity index (χ3n) is 2.67. The molecule has 1 heterocycles. The number of hydrogen-bond donors (Lipinski definition) is 0. The highest BCUT2D eigenvalue weighted by Gasteiger charge is 2.14. The molecule has 18 heavy (non-hydrogen) atoms. The number of hydrogen-bond acceptors (Lipinski definition) is 3. The lowest BCUT2D eigenvalue weighted by atomic mass is 10.0. The molecule has 1 aromatic carbocycles. The van der Waals surface area contributed by atoms with Gasteiger partial charge in [-0.3, -0.25) is 9.78 Å². The van der Waals surface area contributed by atoms with Crippen molar-refractivity contribution in [2.24, 2.45) is 0 Å². The highest BCUT2D eigenvalue weighted by atomic mass is 35.5. The van der Waals surface area contributed by atoms with E-state index in [9.17, 15) is 4.79 Å². The van der Waals surface area contributed by atoms with Gasteiger partial charge in [0.25, 0.3) is 5.91 Å². The number of carbonyl (C=O) groups is 1. The predicted octanol–water partition coefficient (Wildman–Crippen LogP) is 3.24. The Morgan fingerprint density at radius 2 is 2.06 bits per heavy atom. The quantitative estimate of drug-likeness (QED) is 0.847. The highest BCUT2D eigenvalue weighted by molar-refractivity contribution is 7.13. The van der Waals surface area contributed by atoms with Crippen molar-refractivity contribution in [2.75, 3.05) is 14.1 Å². The van der Waals surface area contributed by atoms with Crippen molar-refractivity contribution >= 4 is 29.7 Å². The third-order valence-corrected chi connectivity index (χ3v) is 3.47. The van der Waals surface area contributed by atoms with Gasteiger partial charge >= 0.3 is 0 Å². The fraction of sp³-hybridized carbons (Fsp3) is 0.231. The molecule has 0 aliphatic carbocycles. The summed E-state index contributed by atoms with van der Waals surface area (Å²) in [5, 5.41) is 0. The Morgan fingerprint density at radius 1 is 1.33 bits per heavy atom. The molecule has 0 aliphatic heterocycles. The van der Waals surface area contributed by atoms with E-state index < -0.39 is 0 Å². The van der Waals surface area contributed by atoms with Crippen molar-refractivity contribution in [2.45, 2.75) is 6.92 Å². The Morgan fingerprint density at radius 3 is 2.61 bits per heavy atom. The maximum atomic E-state index is 12.0. The van der Waals surface area contributed by atoms with Gasteiger partial charge in [0.05, 0.1) is 10.4 Å². The number of amides is 1. The minimum absolute atomic E-state index is 0. The summed E-state index contributed by atoms with van der Waals surface area (Å²) in [6.07, 6.45) is 1.83. The van der Waals surface area contributed by atoms with Gasteiger partial charge in [-0.2, -0.15) is 0 Å². The van der Waals surface area contributed by atoms with Crippen molar-refractivity contribution in [1.82, 2.24) is 9.88 Å². The molecule has 1 amide bonds. The zero-order valence-corrected chi connectivity index (χ0v) is 12.1. The molecule has 0 atom stereocenters. The van der Waals surface area contributed by atoms with Gasteiger partial charge in [0, 0.05) is 25.9 Å². The highest BCUT2D eigenvalue weighted by Crippen LogP contribution is 2.28. The van der Waals surface area contributed by atoms with E-state index >= 15 is 0 Å². The molecule has 0 aliphatic rings. The molecular weight excluding hydrogens is 268 g/mol. The molecule has 5 heteroatoms. The van der Waals surface area contributed by atoms with E-state index in [0.717, 1.165) is 21.6 Å². The van der Waals surface area contributed by atoms with Gasteiger partial charge in [-0.25, -0.2) is 0 Å². The Bertz CT molecular complexity index is 538. The van der Waals surface area contributed by atoms with Gasteiger partial charge in [0.2, 0.25) is 0 Å². The van der Waals surface area contributed by atoms with Crippen LogP contribution in [-0.2, 0) is 0 Å². The maximum Gasteiger partial charge on any atom is 0.253 e. The number of rotatable bonds is 2. The second-order valence-corrected chi connectivity index (χ2v) is 4.93. The van der Waals surface area contributed by atoms with Crippen LogP contribution < -0.4 is 0 Å². The van der Waals surface area contributed by atoms with E-state index in [-0.39, 0.29) is 18.3 Å². The van der Waals surface area contributed by atoms with Crippen LogP contribution in [0.25, 0.3) is 10.4 Å². The number of halogens is 1. The summed E-state index contributed by atoms with van der Waals surface area (Å²) in [5.41, 5.74) is 4.64. The molecule has 1 aromatic heterocycles. The van der Waals surface area contributed by atoms with Crippen LogP contribution in [0.3, 0.4) is 0 Å². The van der Waals surface area contributed by atoms with Crippen molar-refractivity contribution < 1.29 is 4.79 Å². The van der Waals surface area contributed by atoms with Crippen LogP contribution in [0.4, 0.5) is 0 Å². The summed E-state index contributed by atoms with van der Waals surface area (Å²) in [5.74, 6) is 0.0360. The van der Waals surface area contributed by atoms with E-state index in [1.165, 1.54) is 0 Å². The molecule has 0 unspecified atom stereocenters. The molecule has 0 spiro atoms. The molecule has 0 radical (unpaired) electrons. The monoisotopic (exact) mass is 282 g/mol. The van der Waals surface area contributed by atoms with Crippen LogP contribution in [0, 0.1) is 6.92 Å². The Labute approximate surface area is 117 Å². The molecule has 0 fully saturated rings. The van der Waals surface area contributed by atoms with Crippen LogP contribution in [-0.4, -0.2) is 29.9 Å². The second kappa shape index (κ2) is 5.98. The van der Waals surface area contributed by atoms with E-state index in [0.29, 0.717) is 0 Å². The first-order chi connectivity index (χ1) is 8.11. The van der Waals surface area contributed by atoms with Crippen LogP contribution >= 0.6 is 23.7 Å².